The summed E-state index contributed by atoms with van der Waals surface area (Å²) >= 11 is 0. The summed E-state index contributed by atoms with van der Waals surface area (Å²) in [6.07, 6.45) is 22.2. The lowest BCUT2D eigenvalue weighted by molar-refractivity contribution is -0.286. The molecule has 8 aliphatic heterocycles. The van der Waals surface area contributed by atoms with Crippen LogP contribution < -0.4 is 32.3 Å². The monoisotopic (exact) mass is 1790 g/mol. The Morgan fingerprint density at radius 2 is 0.731 bits per heavy atom. The van der Waals surface area contributed by atoms with Gasteiger partial charge in [-0.25, -0.2) is 0 Å². The maximum Gasteiger partial charge on any atom is 0.327 e. The molecule has 8 rings (SSSR count). The van der Waals surface area contributed by atoms with Crippen LogP contribution in [0.3, 0.4) is 0 Å². The van der Waals surface area contributed by atoms with Crippen molar-refractivity contribution in [3.63, 3.8) is 0 Å². The minimum Gasteiger partial charge on any atom is -0.387 e. The first-order valence-electron chi connectivity index (χ1n) is 38.5. The number of carbonyl (C=O) groups is 6. The number of likely N-dealkylation sites (N-methyl/N-ethyl adjacent to an activating group) is 2. The Labute approximate surface area is 692 Å². The summed E-state index contributed by atoms with van der Waals surface area (Å²) in [5, 5.41) is 56.2. The summed E-state index contributed by atoms with van der Waals surface area (Å²) < 4.78 is 26.0. The Morgan fingerprint density at radius 1 is 0.426 bits per heavy atom. The van der Waals surface area contributed by atoms with E-state index in [9.17, 15) is 58.3 Å². The molecular weight excluding hydrogens is 1660 g/mol. The highest BCUT2D eigenvalue weighted by Crippen LogP contribution is 2.44. The van der Waals surface area contributed by atoms with Crippen LogP contribution >= 0.6 is 145 Å². The summed E-state index contributed by atoms with van der Waals surface area (Å²) in [5.74, 6) is 7.32. The van der Waals surface area contributed by atoms with Crippen molar-refractivity contribution in [1.29, 1.82) is 0 Å². The van der Waals surface area contributed by atoms with E-state index in [4.69, 9.17) is 30.0 Å². The van der Waals surface area contributed by atoms with Crippen LogP contribution in [0.15, 0.2) is 0 Å². The minimum atomic E-state index is -3.99. The average molecular weight is 1790 g/mol. The van der Waals surface area contributed by atoms with Gasteiger partial charge in [-0.1, -0.05) is 168 Å². The highest BCUT2D eigenvalue weighted by atomic mass is 33.1. The van der Waals surface area contributed by atoms with Crippen LogP contribution in [-0.2, 0) is 42.6 Å². The van der Waals surface area contributed by atoms with E-state index in [1.165, 1.54) is 105 Å². The largest absolute Gasteiger partial charge is 0.387 e. The highest BCUT2D eigenvalue weighted by molar-refractivity contribution is 8.78. The molecule has 8 heterocycles. The van der Waals surface area contributed by atoms with E-state index in [0.717, 1.165) is 162 Å². The molecule has 11 atom stereocenters. The summed E-state index contributed by atoms with van der Waals surface area (Å²) in [6.45, 7) is 8.13. The Hall–Kier alpha value is 1.000. The standard InChI is InChI=1S/C15H29N3OS2.C13H23NO6S2.C12H24N2OS2.2C10H20NO4PS2.C8H15NOS2/c1-17-9-11-18(12-10-17)8-7-16-15(19)5-3-2-4-14-6-13-20-21-14;15-8(4-2-1-3-7-5-6-21-22-7)14-12-10(17)9(16)11(18)13(19)20-12;1-14(2)9-8-13-12(15)6-4-3-5-11-7-10-16-17-11;2*12-10(11-6-7-16(13,14)15)4-2-1-3-9-5-8-17-18-9;9-8(10)4-2-1-3-7-5-6-11-12-7/h14H,2-13H2,1H3,(H,16,19);7,9-13,16-19H,1-6H2,(H,14,15);11H,3-10H2,1-2H3,(H,13,15);2*9H,1-8H2,(H,11,12)(H2,13,14,15);7H,1-6H2,(H2,9,10)/t14-;7-,9-,10-,11+,12-,13+;11-;2*9-;7-/m111111/s1. The molecule has 8 fully saturated rings. The molecule has 0 bridgehead atoms. The summed E-state index contributed by atoms with van der Waals surface area (Å²) in [6, 6.07) is 0. The topological polar surface area (TPSA) is 404 Å². The Kier molecular flexibility index (Phi) is 61.1. The Bertz CT molecular complexity index is 2430. The van der Waals surface area contributed by atoms with Crippen LogP contribution in [0.1, 0.15) is 193 Å². The van der Waals surface area contributed by atoms with Crippen LogP contribution in [0.25, 0.3) is 0 Å². The number of nitrogens with one attached hydrogen (secondary N) is 5. The lowest BCUT2D eigenvalue weighted by Gasteiger charge is -2.38. The van der Waals surface area contributed by atoms with Gasteiger partial charge < -0.3 is 86.9 Å². The number of nitrogens with zero attached hydrogens (tertiary/aromatic N) is 3. The number of rotatable bonds is 43. The van der Waals surface area contributed by atoms with Crippen molar-refractivity contribution >= 4 is 180 Å². The third-order valence-electron chi connectivity index (χ3n) is 18.0. The SMILES string of the molecule is CN(C)CCNC(=O)CCCC[C@@H]1CCSS1.CN1CCN(CCNC(=O)CCCC[C@@H]2CCSS2)CC1.NC(=O)CCCC[C@@H]1CCSS1.O=C(CCCC[C@@H]1CCSS1)NCCP(=O)(O)O.O=C(CCCC[C@@H]1CCSS1)NCCP(=O)(O)O.O=C(CCCC[C@@H]1CCSS1)N[C@@H]1O[C@H](O)[C@@H](O)[C@H](O)[C@H]1O. The fourth-order valence-corrected chi connectivity index (χ4v) is 30.4. The number of hydrogen-bond donors (Lipinski definition) is 14. The van der Waals surface area contributed by atoms with Gasteiger partial charge in [-0.15, -0.1) is 0 Å². The van der Waals surface area contributed by atoms with Crippen molar-refractivity contribution in [3.8, 4) is 0 Å². The molecule has 108 heavy (non-hydrogen) atoms. The van der Waals surface area contributed by atoms with Crippen LogP contribution in [-0.4, -0.2) is 286 Å². The first-order valence-corrected chi connectivity index (χ1v) is 56.4. The van der Waals surface area contributed by atoms with Crippen molar-refractivity contribution in [2.24, 2.45) is 5.73 Å². The van der Waals surface area contributed by atoms with Crippen molar-refractivity contribution in [3.05, 3.63) is 0 Å². The fourth-order valence-electron chi connectivity index (χ4n) is 11.4. The van der Waals surface area contributed by atoms with Crippen LogP contribution in [0, 0.1) is 0 Å². The molecule has 0 saturated carbocycles. The van der Waals surface area contributed by atoms with E-state index >= 15 is 0 Å². The number of ether oxygens (including phenoxy) is 1. The van der Waals surface area contributed by atoms with E-state index < -0.39 is 46.0 Å². The predicted octanol–water partition coefficient (Wildman–Crippen LogP) is 10.2. The Morgan fingerprint density at radius 3 is 1.03 bits per heavy atom. The number of hydrogen-bond acceptors (Lipinski definition) is 28. The normalized spacial score (nSPS) is 25.0. The van der Waals surface area contributed by atoms with E-state index in [0.29, 0.717) is 43.8 Å². The maximum absolute atomic E-state index is 11.8. The number of unbranched alkanes of at least 4 members (excludes halogenated alkanes) is 6. The quantitative estimate of drug-likeness (QED) is 0.0153. The van der Waals surface area contributed by atoms with Crippen LogP contribution in [0.5, 0.6) is 0 Å². The molecule has 15 N–H and O–H groups in total. The summed E-state index contributed by atoms with van der Waals surface area (Å²) in [7, 11) is 21.8. The van der Waals surface area contributed by atoms with Crippen molar-refractivity contribution in [2.75, 3.05) is 133 Å². The average Bonchev–Trinajstić information content (AvgIpc) is 1.03. The molecule has 0 aromatic heterocycles. The van der Waals surface area contributed by atoms with Gasteiger partial charge in [0, 0.05) is 170 Å². The van der Waals surface area contributed by atoms with E-state index in [2.05, 4.69) is 48.3 Å². The van der Waals surface area contributed by atoms with Gasteiger partial charge in [-0.3, -0.25) is 42.8 Å². The highest BCUT2D eigenvalue weighted by Gasteiger charge is 2.43. The third kappa shape index (κ3) is 57.2. The van der Waals surface area contributed by atoms with Gasteiger partial charge in [-0.2, -0.15) is 0 Å². The predicted molar refractivity (Wildman–Crippen MR) is 466 cm³/mol. The third-order valence-corrected chi connectivity index (χ3v) is 37.7. The van der Waals surface area contributed by atoms with Crippen LogP contribution in [0.2, 0.25) is 0 Å². The number of amides is 6. The first kappa shape index (κ1) is 103. The van der Waals surface area contributed by atoms with Gasteiger partial charge >= 0.3 is 15.2 Å². The molecule has 40 heteroatoms. The second kappa shape index (κ2) is 64.0. The maximum atomic E-state index is 11.8. The zero-order valence-corrected chi connectivity index (χ0v) is 75.3. The van der Waals surface area contributed by atoms with Crippen molar-refractivity contribution < 1.29 is 82.6 Å². The zero-order valence-electron chi connectivity index (χ0n) is 63.8. The number of nitrogens with two attached hydrogens (primary N) is 1. The number of piperazine rings is 1. The first-order chi connectivity index (χ1) is 51.6. The molecule has 8 saturated heterocycles. The molecule has 0 spiro atoms. The minimum absolute atomic E-state index is 0.0538. The van der Waals surface area contributed by atoms with E-state index in [1.54, 1.807) is 0 Å². The zero-order chi connectivity index (χ0) is 79.2. The summed E-state index contributed by atoms with van der Waals surface area (Å²) in [5.41, 5.74) is 5.04. The Balaban J connectivity index is 0.000000339. The number of primary amides is 1. The molecule has 0 unspecified atom stereocenters. The number of carbonyl (C=O) groups excluding carboxylic acids is 6. The van der Waals surface area contributed by atoms with Gasteiger partial charge in [0.15, 0.2) is 12.5 Å². The molecule has 26 nitrogen and oxygen atoms in total. The molecule has 0 aliphatic carbocycles. The number of aliphatic hydroxyl groups excluding tert-OH is 4. The number of aliphatic hydroxyl groups is 4. The van der Waals surface area contributed by atoms with Crippen LogP contribution in [0.4, 0.5) is 0 Å². The smallest absolute Gasteiger partial charge is 0.327 e. The molecule has 8 aliphatic rings. The molecular formula is C68H131N9O17P2S12. The van der Waals surface area contributed by atoms with E-state index in [1.807, 2.05) is 144 Å². The fraction of sp³-hybridized carbons (Fsp3) is 0.912. The van der Waals surface area contributed by atoms with Crippen molar-refractivity contribution in [2.45, 2.75) is 255 Å². The second-order valence-corrected chi connectivity index (χ2v) is 48.3. The molecule has 0 radical (unpaired) electrons. The molecule has 0 aromatic carbocycles. The molecule has 6 amide bonds. The summed E-state index contributed by atoms with van der Waals surface area (Å²) in [4.78, 5) is 110. The second-order valence-electron chi connectivity index (χ2n) is 28.0. The van der Waals surface area contributed by atoms with E-state index in [-0.39, 0.29) is 60.9 Å². The lowest BCUT2D eigenvalue weighted by atomic mass is 10.0. The van der Waals surface area contributed by atoms with Gasteiger partial charge in [0.2, 0.25) is 35.4 Å². The van der Waals surface area contributed by atoms with Gasteiger partial charge in [-0.05, 0) is 137 Å². The van der Waals surface area contributed by atoms with Gasteiger partial charge in [0.25, 0.3) is 0 Å². The lowest BCUT2D eigenvalue weighted by Crippen LogP contribution is -2.62. The van der Waals surface area contributed by atoms with Gasteiger partial charge in [0.1, 0.15) is 18.3 Å². The van der Waals surface area contributed by atoms with Gasteiger partial charge in [0.05, 0.1) is 12.3 Å². The van der Waals surface area contributed by atoms with Crippen molar-refractivity contribution in [1.82, 2.24) is 41.3 Å². The molecule has 632 valence electrons. The molecule has 0 aromatic rings.